The molecule has 3 rings (SSSR count). The second kappa shape index (κ2) is 5.28. The number of cyclic esters (lactones) is 1. The summed E-state index contributed by atoms with van der Waals surface area (Å²) in [6, 6.07) is 3.51. The van der Waals surface area contributed by atoms with Crippen LogP contribution in [0.25, 0.3) is 0 Å². The van der Waals surface area contributed by atoms with Crippen molar-refractivity contribution in [2.75, 3.05) is 13.1 Å². The van der Waals surface area contributed by atoms with E-state index in [1.165, 1.54) is 6.07 Å². The molecule has 110 valence electrons. The van der Waals surface area contributed by atoms with E-state index in [-0.39, 0.29) is 22.9 Å². The highest BCUT2D eigenvalue weighted by molar-refractivity contribution is 9.11. The molecule has 1 aliphatic heterocycles. The highest BCUT2D eigenvalue weighted by Crippen LogP contribution is 2.30. The standard InChI is InChI=1S/C11H13BrN2O4S2/c12-9-3-4-10(19-9)20(16,17)13-5-8-6-14(7-1-2-7)11(15)18-8/h3-4,7-8,13H,1-2,5-6H2. The molecule has 2 aliphatic rings. The summed E-state index contributed by atoms with van der Waals surface area (Å²) in [5.41, 5.74) is 0. The Kier molecular flexibility index (Phi) is 3.78. The van der Waals surface area contributed by atoms with E-state index < -0.39 is 16.1 Å². The SMILES string of the molecule is O=C1OC(CNS(=O)(=O)c2ccc(Br)s2)CN1C1CC1. The van der Waals surface area contributed by atoms with E-state index in [9.17, 15) is 13.2 Å². The molecule has 1 N–H and O–H groups in total. The molecule has 0 radical (unpaired) electrons. The van der Waals surface area contributed by atoms with E-state index in [1.54, 1.807) is 11.0 Å². The smallest absolute Gasteiger partial charge is 0.410 e. The number of thiophene rings is 1. The summed E-state index contributed by atoms with van der Waals surface area (Å²) in [7, 11) is -3.54. The highest BCUT2D eigenvalue weighted by atomic mass is 79.9. The number of carbonyl (C=O) groups is 1. The first kappa shape index (κ1) is 14.3. The van der Waals surface area contributed by atoms with E-state index in [4.69, 9.17) is 4.74 Å². The second-order valence-corrected chi connectivity index (χ2v) is 9.26. The van der Waals surface area contributed by atoms with Crippen LogP contribution in [0.2, 0.25) is 0 Å². The summed E-state index contributed by atoms with van der Waals surface area (Å²) >= 11 is 4.37. The van der Waals surface area contributed by atoms with Crippen LogP contribution in [0.1, 0.15) is 12.8 Å². The zero-order chi connectivity index (χ0) is 14.3. The van der Waals surface area contributed by atoms with Gasteiger partial charge in [-0.05, 0) is 40.9 Å². The Bertz CT molecular complexity index is 626. The molecule has 2 heterocycles. The quantitative estimate of drug-likeness (QED) is 0.844. The molecule has 1 atom stereocenters. The Hall–Kier alpha value is -0.640. The van der Waals surface area contributed by atoms with Gasteiger partial charge in [0.25, 0.3) is 0 Å². The molecule has 1 saturated carbocycles. The number of rotatable bonds is 5. The van der Waals surface area contributed by atoms with Gasteiger partial charge in [-0.15, -0.1) is 11.3 Å². The minimum atomic E-state index is -3.54. The third-order valence-corrected chi connectivity index (χ3v) is 6.74. The fraction of sp³-hybridized carbons (Fsp3) is 0.545. The Labute approximate surface area is 129 Å². The van der Waals surface area contributed by atoms with Crippen molar-refractivity contribution in [3.05, 3.63) is 15.9 Å². The van der Waals surface area contributed by atoms with Crippen molar-refractivity contribution >= 4 is 43.4 Å². The first-order valence-corrected chi connectivity index (χ1v) is 9.27. The molecular weight excluding hydrogens is 368 g/mol. The van der Waals surface area contributed by atoms with Gasteiger partial charge in [-0.1, -0.05) is 0 Å². The second-order valence-electron chi connectivity index (χ2n) is 4.80. The lowest BCUT2D eigenvalue weighted by Gasteiger charge is -2.11. The van der Waals surface area contributed by atoms with Crippen molar-refractivity contribution in [3.8, 4) is 0 Å². The molecule has 6 nitrogen and oxygen atoms in total. The van der Waals surface area contributed by atoms with Gasteiger partial charge in [0.15, 0.2) is 0 Å². The van der Waals surface area contributed by atoms with Gasteiger partial charge in [0.2, 0.25) is 10.0 Å². The van der Waals surface area contributed by atoms with Crippen LogP contribution in [0.4, 0.5) is 4.79 Å². The zero-order valence-corrected chi connectivity index (χ0v) is 13.6. The maximum atomic E-state index is 12.0. The summed E-state index contributed by atoms with van der Waals surface area (Å²) in [4.78, 5) is 13.3. The van der Waals surface area contributed by atoms with Crippen molar-refractivity contribution in [2.24, 2.45) is 0 Å². The molecule has 1 unspecified atom stereocenters. The number of nitrogens with one attached hydrogen (secondary N) is 1. The van der Waals surface area contributed by atoms with Crippen LogP contribution in [-0.2, 0) is 14.8 Å². The van der Waals surface area contributed by atoms with E-state index >= 15 is 0 Å². The van der Waals surface area contributed by atoms with Crippen LogP contribution in [0.3, 0.4) is 0 Å². The van der Waals surface area contributed by atoms with Gasteiger partial charge in [0.1, 0.15) is 10.3 Å². The molecule has 1 aromatic rings. The van der Waals surface area contributed by atoms with Crippen molar-refractivity contribution in [2.45, 2.75) is 29.2 Å². The van der Waals surface area contributed by atoms with Gasteiger partial charge in [0.05, 0.1) is 10.3 Å². The van der Waals surface area contributed by atoms with Gasteiger partial charge in [-0.2, -0.15) is 0 Å². The lowest BCUT2D eigenvalue weighted by atomic mass is 10.3. The number of halogens is 1. The number of carbonyl (C=O) groups excluding carboxylic acids is 1. The van der Waals surface area contributed by atoms with Gasteiger partial charge in [0, 0.05) is 12.6 Å². The molecule has 2 fully saturated rings. The number of sulfonamides is 1. The predicted octanol–water partition coefficient (Wildman–Crippen LogP) is 1.77. The van der Waals surface area contributed by atoms with Gasteiger partial charge in [-0.25, -0.2) is 17.9 Å². The summed E-state index contributed by atoms with van der Waals surface area (Å²) in [5.74, 6) is 0. The molecular formula is C11H13BrN2O4S2. The first-order valence-electron chi connectivity index (χ1n) is 6.18. The summed E-state index contributed by atoms with van der Waals surface area (Å²) in [6.45, 7) is 0.562. The Morgan fingerprint density at radius 2 is 2.20 bits per heavy atom. The number of nitrogens with zero attached hydrogens (tertiary/aromatic N) is 1. The zero-order valence-electron chi connectivity index (χ0n) is 10.4. The molecule has 0 aromatic carbocycles. The van der Waals surface area contributed by atoms with E-state index in [1.807, 2.05) is 0 Å². The van der Waals surface area contributed by atoms with Gasteiger partial charge in [-0.3, -0.25) is 0 Å². The van der Waals surface area contributed by atoms with Crippen LogP contribution in [0.15, 0.2) is 20.1 Å². The third kappa shape index (κ3) is 3.00. The minimum absolute atomic E-state index is 0.104. The molecule has 1 amide bonds. The average Bonchev–Trinajstić information content (AvgIpc) is 3.02. The van der Waals surface area contributed by atoms with Crippen LogP contribution >= 0.6 is 27.3 Å². The number of hydrogen-bond acceptors (Lipinski definition) is 5. The monoisotopic (exact) mass is 380 g/mol. The number of ether oxygens (including phenoxy) is 1. The summed E-state index contributed by atoms with van der Waals surface area (Å²) in [5, 5.41) is 0. The number of hydrogen-bond donors (Lipinski definition) is 1. The van der Waals surface area contributed by atoms with E-state index in [0.717, 1.165) is 28.0 Å². The van der Waals surface area contributed by atoms with Crippen molar-refractivity contribution < 1.29 is 17.9 Å². The molecule has 1 aliphatic carbocycles. The lowest BCUT2D eigenvalue weighted by molar-refractivity contribution is 0.133. The fourth-order valence-electron chi connectivity index (χ4n) is 2.05. The summed E-state index contributed by atoms with van der Waals surface area (Å²) in [6.07, 6.45) is 1.27. The maximum absolute atomic E-state index is 12.0. The topological polar surface area (TPSA) is 75.7 Å². The van der Waals surface area contributed by atoms with Crippen molar-refractivity contribution in [1.29, 1.82) is 0 Å². The molecule has 9 heteroatoms. The highest BCUT2D eigenvalue weighted by Gasteiger charge is 2.41. The third-order valence-electron chi connectivity index (χ3n) is 3.20. The van der Waals surface area contributed by atoms with Gasteiger partial charge >= 0.3 is 6.09 Å². The van der Waals surface area contributed by atoms with Crippen molar-refractivity contribution in [1.82, 2.24) is 9.62 Å². The average molecular weight is 381 g/mol. The van der Waals surface area contributed by atoms with Crippen molar-refractivity contribution in [3.63, 3.8) is 0 Å². The molecule has 1 saturated heterocycles. The van der Waals surface area contributed by atoms with Crippen LogP contribution in [0, 0.1) is 0 Å². The number of amides is 1. The van der Waals surface area contributed by atoms with E-state index in [2.05, 4.69) is 20.7 Å². The van der Waals surface area contributed by atoms with Crippen LogP contribution in [-0.4, -0.2) is 44.6 Å². The molecule has 0 spiro atoms. The minimum Gasteiger partial charge on any atom is -0.443 e. The largest absolute Gasteiger partial charge is 0.443 e. The Morgan fingerprint density at radius 1 is 1.45 bits per heavy atom. The van der Waals surface area contributed by atoms with Crippen LogP contribution < -0.4 is 4.72 Å². The van der Waals surface area contributed by atoms with E-state index in [0.29, 0.717) is 6.54 Å². The molecule has 20 heavy (non-hydrogen) atoms. The molecule has 1 aromatic heterocycles. The van der Waals surface area contributed by atoms with Gasteiger partial charge < -0.3 is 9.64 Å². The van der Waals surface area contributed by atoms with Crippen LogP contribution in [0.5, 0.6) is 0 Å². The molecule has 0 bridgehead atoms. The Morgan fingerprint density at radius 3 is 2.80 bits per heavy atom. The summed E-state index contributed by atoms with van der Waals surface area (Å²) < 4.78 is 32.7. The lowest BCUT2D eigenvalue weighted by Crippen LogP contribution is -2.34. The fourth-order valence-corrected chi connectivity index (χ4v) is 5.17. The normalized spacial score (nSPS) is 23.1. The first-order chi connectivity index (χ1) is 9.45. The predicted molar refractivity (Wildman–Crippen MR) is 77.2 cm³/mol. The Balaban J connectivity index is 1.58. The maximum Gasteiger partial charge on any atom is 0.410 e.